The van der Waals surface area contributed by atoms with Crippen molar-refractivity contribution in [2.75, 3.05) is 13.1 Å². The molecule has 1 fully saturated rings. The molecule has 4 aromatic carbocycles. The molecule has 0 atom stereocenters. The Labute approximate surface area is 198 Å². The number of sulfone groups is 1. The third kappa shape index (κ3) is 4.30. The molecule has 0 aromatic heterocycles. The number of nitrogens with zero attached hydrogens (tertiary/aromatic N) is 1. The minimum absolute atomic E-state index is 0.0506. The number of aryl methyl sites for hydroxylation is 1. The first kappa shape index (κ1) is 22.5. The number of piperidine rings is 1. The number of hydrogen-bond acceptors (Lipinski definition) is 3. The van der Waals surface area contributed by atoms with Crippen LogP contribution in [-0.2, 0) is 21.1 Å². The number of hydrogen-bond donors (Lipinski definition) is 0. The van der Waals surface area contributed by atoms with Gasteiger partial charge >= 0.3 is 0 Å². The van der Waals surface area contributed by atoms with Crippen LogP contribution in [0.25, 0.3) is 21.5 Å². The standard InChI is InChI=1S/C28H26FNO3S/c29-22-9-11-23(12-10-22)34(32,33)24-15-17-30(18-16-24)28(31)14-13-27-25-7-3-1-5-20(25)19-21-6-2-4-8-26(21)27/h1-12,19,24H,13-18H2. The van der Waals surface area contributed by atoms with Crippen LogP contribution in [0.2, 0.25) is 0 Å². The van der Waals surface area contributed by atoms with Gasteiger partial charge in [-0.15, -0.1) is 0 Å². The minimum atomic E-state index is -3.54. The Morgan fingerprint density at radius 2 is 1.41 bits per heavy atom. The molecule has 1 saturated heterocycles. The lowest BCUT2D eigenvalue weighted by Gasteiger charge is -2.32. The number of benzene rings is 4. The van der Waals surface area contributed by atoms with Gasteiger partial charge in [0.2, 0.25) is 5.91 Å². The zero-order chi connectivity index (χ0) is 23.7. The Balaban J connectivity index is 1.28. The SMILES string of the molecule is O=C(CCc1c2ccccc2cc2ccccc12)N1CCC(S(=O)(=O)c2ccc(F)cc2)CC1. The van der Waals surface area contributed by atoms with Crippen LogP contribution in [0.3, 0.4) is 0 Å². The van der Waals surface area contributed by atoms with Crippen LogP contribution in [0, 0.1) is 5.82 Å². The van der Waals surface area contributed by atoms with Crippen molar-refractivity contribution in [3.05, 3.63) is 90.2 Å². The van der Waals surface area contributed by atoms with E-state index in [4.69, 9.17) is 0 Å². The first-order chi connectivity index (χ1) is 16.4. The van der Waals surface area contributed by atoms with Gasteiger partial charge in [0.05, 0.1) is 10.1 Å². The lowest BCUT2D eigenvalue weighted by atomic mass is 9.94. The van der Waals surface area contributed by atoms with Crippen molar-refractivity contribution in [2.45, 2.75) is 35.8 Å². The number of carbonyl (C=O) groups excluding carboxylic acids is 1. The summed E-state index contributed by atoms with van der Waals surface area (Å²) in [4.78, 5) is 15.0. The molecule has 1 aliphatic heterocycles. The third-order valence-electron chi connectivity index (χ3n) is 6.85. The van der Waals surface area contributed by atoms with Crippen molar-refractivity contribution >= 4 is 37.3 Å². The molecule has 5 rings (SSSR count). The summed E-state index contributed by atoms with van der Waals surface area (Å²) in [7, 11) is -3.54. The number of carbonyl (C=O) groups is 1. The number of rotatable bonds is 5. The van der Waals surface area contributed by atoms with Crippen LogP contribution in [0.4, 0.5) is 4.39 Å². The van der Waals surface area contributed by atoms with Gasteiger partial charge in [0.15, 0.2) is 9.84 Å². The highest BCUT2D eigenvalue weighted by Gasteiger charge is 2.32. The molecule has 174 valence electrons. The molecule has 34 heavy (non-hydrogen) atoms. The van der Waals surface area contributed by atoms with E-state index in [0.29, 0.717) is 38.8 Å². The number of halogens is 1. The summed E-state index contributed by atoms with van der Waals surface area (Å²) in [6, 6.07) is 23.6. The second kappa shape index (κ2) is 9.18. The smallest absolute Gasteiger partial charge is 0.222 e. The van der Waals surface area contributed by atoms with Gasteiger partial charge in [-0.25, -0.2) is 12.8 Å². The first-order valence-electron chi connectivity index (χ1n) is 11.6. The van der Waals surface area contributed by atoms with Crippen molar-refractivity contribution in [3.63, 3.8) is 0 Å². The molecule has 0 unspecified atom stereocenters. The molecule has 0 radical (unpaired) electrons. The Morgan fingerprint density at radius 3 is 2.00 bits per heavy atom. The largest absolute Gasteiger partial charge is 0.343 e. The highest BCUT2D eigenvalue weighted by Crippen LogP contribution is 2.30. The number of amides is 1. The number of likely N-dealkylation sites (tertiary alicyclic amines) is 1. The molecular weight excluding hydrogens is 449 g/mol. The van der Waals surface area contributed by atoms with E-state index in [9.17, 15) is 17.6 Å². The summed E-state index contributed by atoms with van der Waals surface area (Å²) in [5.41, 5.74) is 1.18. The highest BCUT2D eigenvalue weighted by molar-refractivity contribution is 7.92. The summed E-state index contributed by atoms with van der Waals surface area (Å²) in [5, 5.41) is 4.10. The van der Waals surface area contributed by atoms with Crippen LogP contribution in [-0.4, -0.2) is 37.6 Å². The molecule has 4 aromatic rings. The van der Waals surface area contributed by atoms with E-state index in [1.165, 1.54) is 29.8 Å². The topological polar surface area (TPSA) is 54.5 Å². The van der Waals surface area contributed by atoms with Gasteiger partial charge in [-0.3, -0.25) is 4.79 Å². The van der Waals surface area contributed by atoms with E-state index >= 15 is 0 Å². The molecule has 0 spiro atoms. The Morgan fingerprint density at radius 1 is 0.853 bits per heavy atom. The van der Waals surface area contributed by atoms with E-state index in [1.54, 1.807) is 4.90 Å². The van der Waals surface area contributed by atoms with Gasteiger partial charge in [-0.1, -0.05) is 48.5 Å². The van der Waals surface area contributed by atoms with E-state index in [-0.39, 0.29) is 10.8 Å². The lowest BCUT2D eigenvalue weighted by Crippen LogP contribution is -2.42. The van der Waals surface area contributed by atoms with Gasteiger partial charge in [0.1, 0.15) is 5.82 Å². The molecule has 1 heterocycles. The van der Waals surface area contributed by atoms with Crippen LogP contribution < -0.4 is 0 Å². The Hall–Kier alpha value is -3.25. The normalized spacial score (nSPS) is 15.1. The zero-order valence-corrected chi connectivity index (χ0v) is 19.6. The van der Waals surface area contributed by atoms with Crippen molar-refractivity contribution < 1.29 is 17.6 Å². The average Bonchev–Trinajstić information content (AvgIpc) is 2.86. The second-order valence-electron chi connectivity index (χ2n) is 8.88. The van der Waals surface area contributed by atoms with E-state index in [0.717, 1.165) is 21.5 Å². The van der Waals surface area contributed by atoms with E-state index < -0.39 is 20.9 Å². The van der Waals surface area contributed by atoms with E-state index in [2.05, 4.69) is 30.3 Å². The zero-order valence-electron chi connectivity index (χ0n) is 18.8. The fraction of sp³-hybridized carbons (Fsp3) is 0.250. The van der Waals surface area contributed by atoms with Crippen LogP contribution in [0.5, 0.6) is 0 Å². The third-order valence-corrected chi connectivity index (χ3v) is 9.13. The second-order valence-corrected chi connectivity index (χ2v) is 11.1. The monoisotopic (exact) mass is 475 g/mol. The summed E-state index contributed by atoms with van der Waals surface area (Å²) >= 11 is 0. The van der Waals surface area contributed by atoms with Crippen molar-refractivity contribution in [2.24, 2.45) is 0 Å². The van der Waals surface area contributed by atoms with Gasteiger partial charge in [-0.2, -0.15) is 0 Å². The maximum Gasteiger partial charge on any atom is 0.222 e. The van der Waals surface area contributed by atoms with E-state index in [1.807, 2.05) is 24.3 Å². The Bertz CT molecular complexity index is 1400. The summed E-state index contributed by atoms with van der Waals surface area (Å²) < 4.78 is 39.0. The predicted octanol–water partition coefficient (Wildman–Crippen LogP) is 5.53. The molecule has 0 bridgehead atoms. The van der Waals surface area contributed by atoms with Gasteiger partial charge in [-0.05, 0) is 76.7 Å². The van der Waals surface area contributed by atoms with Gasteiger partial charge < -0.3 is 4.90 Å². The minimum Gasteiger partial charge on any atom is -0.343 e. The van der Waals surface area contributed by atoms with Crippen LogP contribution in [0.1, 0.15) is 24.8 Å². The molecule has 0 saturated carbocycles. The van der Waals surface area contributed by atoms with Crippen LogP contribution >= 0.6 is 0 Å². The molecule has 1 amide bonds. The highest BCUT2D eigenvalue weighted by atomic mass is 32.2. The van der Waals surface area contributed by atoms with Gasteiger partial charge in [0, 0.05) is 19.5 Å². The fourth-order valence-corrected chi connectivity index (χ4v) is 6.73. The van der Waals surface area contributed by atoms with Gasteiger partial charge in [0.25, 0.3) is 0 Å². The van der Waals surface area contributed by atoms with Crippen molar-refractivity contribution in [1.29, 1.82) is 0 Å². The first-order valence-corrected chi connectivity index (χ1v) is 13.1. The fourth-order valence-electron chi connectivity index (χ4n) is 5.00. The molecular formula is C28H26FNO3S. The molecule has 6 heteroatoms. The predicted molar refractivity (Wildman–Crippen MR) is 133 cm³/mol. The quantitative estimate of drug-likeness (QED) is 0.282. The number of fused-ring (bicyclic) bond motifs is 2. The molecule has 0 N–H and O–H groups in total. The average molecular weight is 476 g/mol. The van der Waals surface area contributed by atoms with Crippen molar-refractivity contribution in [3.8, 4) is 0 Å². The van der Waals surface area contributed by atoms with Crippen molar-refractivity contribution in [1.82, 2.24) is 4.90 Å². The summed E-state index contributed by atoms with van der Waals surface area (Å²) in [6.07, 6.45) is 1.80. The summed E-state index contributed by atoms with van der Waals surface area (Å²) in [6.45, 7) is 0.834. The maximum absolute atomic E-state index is 13.2. The van der Waals surface area contributed by atoms with Crippen LogP contribution in [0.15, 0.2) is 83.8 Å². The Kier molecular flexibility index (Phi) is 6.09. The lowest BCUT2D eigenvalue weighted by molar-refractivity contribution is -0.131. The molecule has 4 nitrogen and oxygen atoms in total. The molecule has 0 aliphatic carbocycles. The molecule has 1 aliphatic rings. The maximum atomic E-state index is 13.2. The summed E-state index contributed by atoms with van der Waals surface area (Å²) in [5.74, 6) is -0.409.